The van der Waals surface area contributed by atoms with Gasteiger partial charge >= 0.3 is 0 Å². The Bertz CT molecular complexity index is 579. The van der Waals surface area contributed by atoms with Crippen LogP contribution in [0.1, 0.15) is 12.5 Å². The van der Waals surface area contributed by atoms with Gasteiger partial charge in [-0.1, -0.05) is 15.9 Å². The Hall–Kier alpha value is -1.81. The fraction of sp³-hybridized carbons (Fsp3) is 0.133. The van der Waals surface area contributed by atoms with Crippen LogP contribution in [0.15, 0.2) is 51.9 Å². The van der Waals surface area contributed by atoms with Gasteiger partial charge in [0.25, 0.3) is 0 Å². The van der Waals surface area contributed by atoms with E-state index in [9.17, 15) is 5.11 Å². The van der Waals surface area contributed by atoms with Crippen molar-refractivity contribution >= 4 is 27.8 Å². The number of nitrogens with zero attached hydrogens (tertiary/aromatic N) is 1. The number of halogens is 1. The van der Waals surface area contributed by atoms with Gasteiger partial charge in [-0.25, -0.2) is 0 Å². The summed E-state index contributed by atoms with van der Waals surface area (Å²) in [5.74, 6) is 1.03. The molecular weight excluding hydrogens is 306 g/mol. The zero-order valence-electron chi connectivity index (χ0n) is 10.5. The topological polar surface area (TPSA) is 41.8 Å². The fourth-order valence-corrected chi connectivity index (χ4v) is 1.95. The average Bonchev–Trinajstić information content (AvgIpc) is 2.42. The second-order valence-corrected chi connectivity index (χ2v) is 4.80. The highest BCUT2D eigenvalue weighted by atomic mass is 79.9. The van der Waals surface area contributed by atoms with Crippen LogP contribution in [0, 0.1) is 0 Å². The molecule has 2 aromatic rings. The molecular formula is C15H14BrNO2. The lowest BCUT2D eigenvalue weighted by Crippen LogP contribution is -1.89. The largest absolute Gasteiger partial charge is 0.507 e. The zero-order chi connectivity index (χ0) is 13.7. The summed E-state index contributed by atoms with van der Waals surface area (Å²) in [6.07, 6.45) is 1.63. The van der Waals surface area contributed by atoms with Gasteiger partial charge in [0.15, 0.2) is 0 Å². The molecule has 0 aromatic heterocycles. The average molecular weight is 320 g/mol. The molecule has 0 aliphatic heterocycles. The van der Waals surface area contributed by atoms with E-state index in [1.165, 1.54) is 0 Å². The van der Waals surface area contributed by atoms with E-state index >= 15 is 0 Å². The van der Waals surface area contributed by atoms with Gasteiger partial charge in [-0.05, 0) is 49.4 Å². The smallest absolute Gasteiger partial charge is 0.124 e. The number of aliphatic imine (C=N–C) groups is 1. The molecule has 0 atom stereocenters. The molecule has 0 fully saturated rings. The van der Waals surface area contributed by atoms with Gasteiger partial charge in [-0.2, -0.15) is 0 Å². The van der Waals surface area contributed by atoms with Crippen molar-refractivity contribution in [2.75, 3.05) is 6.61 Å². The lowest BCUT2D eigenvalue weighted by Gasteiger charge is -2.02. The Morgan fingerprint density at radius 3 is 2.63 bits per heavy atom. The molecule has 98 valence electrons. The summed E-state index contributed by atoms with van der Waals surface area (Å²) in [7, 11) is 0. The standard InChI is InChI=1S/C15H14BrNO2/c1-2-19-14-6-4-13(5-7-14)17-10-11-9-12(16)3-8-15(11)18/h3-10,18H,2H2,1H3. The minimum absolute atomic E-state index is 0.206. The second-order valence-electron chi connectivity index (χ2n) is 3.89. The molecule has 4 heteroatoms. The van der Waals surface area contributed by atoms with Crippen LogP contribution in [0.4, 0.5) is 5.69 Å². The summed E-state index contributed by atoms with van der Waals surface area (Å²) >= 11 is 3.36. The van der Waals surface area contributed by atoms with Crippen molar-refractivity contribution in [2.45, 2.75) is 6.92 Å². The maximum absolute atomic E-state index is 9.69. The Morgan fingerprint density at radius 1 is 1.21 bits per heavy atom. The Balaban J connectivity index is 2.15. The Kier molecular flexibility index (Phi) is 4.58. The highest BCUT2D eigenvalue weighted by Crippen LogP contribution is 2.22. The van der Waals surface area contributed by atoms with Crippen LogP contribution >= 0.6 is 15.9 Å². The van der Waals surface area contributed by atoms with Crippen molar-refractivity contribution in [1.82, 2.24) is 0 Å². The van der Waals surface area contributed by atoms with Crippen molar-refractivity contribution in [1.29, 1.82) is 0 Å². The van der Waals surface area contributed by atoms with Crippen LogP contribution in [-0.2, 0) is 0 Å². The maximum Gasteiger partial charge on any atom is 0.124 e. The molecule has 0 bridgehead atoms. The van der Waals surface area contributed by atoms with Gasteiger partial charge in [0.2, 0.25) is 0 Å². The summed E-state index contributed by atoms with van der Waals surface area (Å²) in [4.78, 5) is 4.32. The molecule has 0 amide bonds. The molecule has 0 aliphatic rings. The van der Waals surface area contributed by atoms with Crippen LogP contribution in [-0.4, -0.2) is 17.9 Å². The normalized spacial score (nSPS) is 10.8. The van der Waals surface area contributed by atoms with Gasteiger partial charge in [-0.3, -0.25) is 4.99 Å². The molecule has 0 unspecified atom stereocenters. The highest BCUT2D eigenvalue weighted by molar-refractivity contribution is 9.10. The Labute approximate surface area is 120 Å². The summed E-state index contributed by atoms with van der Waals surface area (Å²) < 4.78 is 6.26. The number of aromatic hydroxyl groups is 1. The zero-order valence-corrected chi connectivity index (χ0v) is 12.1. The molecule has 19 heavy (non-hydrogen) atoms. The van der Waals surface area contributed by atoms with E-state index in [0.717, 1.165) is 15.9 Å². The minimum Gasteiger partial charge on any atom is -0.507 e. The lowest BCUT2D eigenvalue weighted by atomic mass is 10.2. The molecule has 0 radical (unpaired) electrons. The monoisotopic (exact) mass is 319 g/mol. The van der Waals surface area contributed by atoms with Crippen LogP contribution in [0.5, 0.6) is 11.5 Å². The molecule has 0 aliphatic carbocycles. The molecule has 2 rings (SSSR count). The van der Waals surface area contributed by atoms with Gasteiger partial charge in [-0.15, -0.1) is 0 Å². The SMILES string of the molecule is CCOc1ccc(N=Cc2cc(Br)ccc2O)cc1. The molecule has 0 spiro atoms. The van der Waals surface area contributed by atoms with E-state index in [4.69, 9.17) is 4.74 Å². The quantitative estimate of drug-likeness (QED) is 0.853. The highest BCUT2D eigenvalue weighted by Gasteiger charge is 1.99. The van der Waals surface area contributed by atoms with Crippen LogP contribution in [0.3, 0.4) is 0 Å². The van der Waals surface area contributed by atoms with E-state index in [-0.39, 0.29) is 5.75 Å². The molecule has 0 heterocycles. The number of phenolic OH excluding ortho intramolecular Hbond substituents is 1. The maximum atomic E-state index is 9.69. The Morgan fingerprint density at radius 2 is 1.95 bits per heavy atom. The molecule has 0 saturated carbocycles. The third-order valence-electron chi connectivity index (χ3n) is 2.49. The first-order valence-electron chi connectivity index (χ1n) is 5.94. The van der Waals surface area contributed by atoms with Crippen molar-refractivity contribution in [3.05, 3.63) is 52.5 Å². The van der Waals surface area contributed by atoms with E-state index in [0.29, 0.717) is 12.2 Å². The molecule has 1 N–H and O–H groups in total. The predicted octanol–water partition coefficient (Wildman–Crippen LogP) is 4.30. The summed E-state index contributed by atoms with van der Waals surface area (Å²) in [5.41, 5.74) is 1.48. The number of hydrogen-bond acceptors (Lipinski definition) is 3. The first-order chi connectivity index (χ1) is 9.19. The number of rotatable bonds is 4. The lowest BCUT2D eigenvalue weighted by molar-refractivity contribution is 0.340. The van der Waals surface area contributed by atoms with Gasteiger partial charge in [0.1, 0.15) is 11.5 Å². The number of phenols is 1. The summed E-state index contributed by atoms with van der Waals surface area (Å²) in [6.45, 7) is 2.59. The molecule has 2 aromatic carbocycles. The minimum atomic E-state index is 0.206. The molecule has 0 saturated heterocycles. The summed E-state index contributed by atoms with van der Waals surface area (Å²) in [5, 5.41) is 9.69. The van der Waals surface area contributed by atoms with E-state index in [2.05, 4.69) is 20.9 Å². The second kappa shape index (κ2) is 6.38. The predicted molar refractivity (Wildman–Crippen MR) is 80.7 cm³/mol. The summed E-state index contributed by atoms with van der Waals surface area (Å²) in [6, 6.07) is 12.7. The van der Waals surface area contributed by atoms with Crippen molar-refractivity contribution in [3.8, 4) is 11.5 Å². The van der Waals surface area contributed by atoms with Crippen molar-refractivity contribution < 1.29 is 9.84 Å². The number of ether oxygens (including phenoxy) is 1. The van der Waals surface area contributed by atoms with Crippen molar-refractivity contribution in [2.24, 2.45) is 4.99 Å². The van der Waals surface area contributed by atoms with E-state index in [1.54, 1.807) is 18.3 Å². The van der Waals surface area contributed by atoms with Crippen LogP contribution < -0.4 is 4.74 Å². The third kappa shape index (κ3) is 3.83. The number of hydrogen-bond donors (Lipinski definition) is 1. The van der Waals surface area contributed by atoms with Crippen molar-refractivity contribution in [3.63, 3.8) is 0 Å². The van der Waals surface area contributed by atoms with E-state index < -0.39 is 0 Å². The first-order valence-corrected chi connectivity index (χ1v) is 6.74. The molecule has 3 nitrogen and oxygen atoms in total. The van der Waals surface area contributed by atoms with Gasteiger partial charge in [0, 0.05) is 16.3 Å². The van der Waals surface area contributed by atoms with E-state index in [1.807, 2.05) is 37.3 Å². The first kappa shape index (κ1) is 13.6. The van der Waals surface area contributed by atoms with Gasteiger partial charge in [0.05, 0.1) is 12.3 Å². The fourth-order valence-electron chi connectivity index (χ4n) is 1.57. The van der Waals surface area contributed by atoms with Gasteiger partial charge < -0.3 is 9.84 Å². The third-order valence-corrected chi connectivity index (χ3v) is 2.98. The number of benzene rings is 2. The van der Waals surface area contributed by atoms with Crippen LogP contribution in [0.2, 0.25) is 0 Å². The van der Waals surface area contributed by atoms with Crippen LogP contribution in [0.25, 0.3) is 0 Å².